The SMILES string of the molecule is CN1CCN(C(=O)c2cc[nH]c2C2CC2)CC1c1nc(C2CC2)no1. The molecular weight excluding hydrogens is 318 g/mol. The molecule has 5 rings (SSSR count). The summed E-state index contributed by atoms with van der Waals surface area (Å²) in [6.45, 7) is 2.13. The number of carbonyl (C=O) groups is 1. The lowest BCUT2D eigenvalue weighted by Gasteiger charge is -2.37. The van der Waals surface area contributed by atoms with E-state index in [0.717, 1.165) is 43.0 Å². The van der Waals surface area contributed by atoms with Crippen molar-refractivity contribution in [3.8, 4) is 0 Å². The van der Waals surface area contributed by atoms with E-state index in [1.807, 2.05) is 17.2 Å². The number of nitrogens with one attached hydrogen (secondary N) is 1. The molecule has 3 heterocycles. The van der Waals surface area contributed by atoms with Crippen molar-refractivity contribution < 1.29 is 9.32 Å². The van der Waals surface area contributed by atoms with E-state index < -0.39 is 0 Å². The summed E-state index contributed by atoms with van der Waals surface area (Å²) in [6.07, 6.45) is 6.55. The van der Waals surface area contributed by atoms with Gasteiger partial charge in [0.25, 0.3) is 5.91 Å². The molecule has 132 valence electrons. The summed E-state index contributed by atoms with van der Waals surface area (Å²) in [5.74, 6) is 2.59. The predicted molar refractivity (Wildman–Crippen MR) is 90.3 cm³/mol. The predicted octanol–water partition coefficient (Wildman–Crippen LogP) is 2.28. The summed E-state index contributed by atoms with van der Waals surface area (Å²) in [4.78, 5) is 25.0. The van der Waals surface area contributed by atoms with Crippen molar-refractivity contribution in [3.05, 3.63) is 35.2 Å². The number of aromatic nitrogens is 3. The highest BCUT2D eigenvalue weighted by atomic mass is 16.5. The van der Waals surface area contributed by atoms with Crippen molar-refractivity contribution in [2.24, 2.45) is 0 Å². The van der Waals surface area contributed by atoms with Crippen LogP contribution in [-0.2, 0) is 0 Å². The lowest BCUT2D eigenvalue weighted by Crippen LogP contribution is -2.49. The van der Waals surface area contributed by atoms with Gasteiger partial charge in [-0.05, 0) is 44.7 Å². The standard InChI is InChI=1S/C18H23N5O2/c1-22-8-9-23(18(24)13-6-7-19-15(13)11-2-3-11)10-14(22)17-20-16(21-25-17)12-4-5-12/h6-7,11-12,14,19H,2-5,8-10H2,1H3. The van der Waals surface area contributed by atoms with Crippen molar-refractivity contribution in [3.63, 3.8) is 0 Å². The van der Waals surface area contributed by atoms with E-state index in [2.05, 4.69) is 27.1 Å². The molecule has 2 aromatic rings. The molecule has 1 amide bonds. The number of carbonyl (C=O) groups excluding carboxylic acids is 1. The first kappa shape index (κ1) is 15.1. The van der Waals surface area contributed by atoms with Gasteiger partial charge in [-0.3, -0.25) is 9.69 Å². The Hall–Kier alpha value is -2.15. The van der Waals surface area contributed by atoms with Crippen molar-refractivity contribution in [2.75, 3.05) is 26.7 Å². The van der Waals surface area contributed by atoms with Gasteiger partial charge in [0.05, 0.1) is 5.56 Å². The van der Waals surface area contributed by atoms with Crippen LogP contribution in [0, 0.1) is 0 Å². The molecule has 0 bridgehead atoms. The van der Waals surface area contributed by atoms with E-state index in [0.29, 0.717) is 24.3 Å². The van der Waals surface area contributed by atoms with Crippen LogP contribution in [-0.4, -0.2) is 57.5 Å². The molecule has 7 heteroatoms. The second-order valence-corrected chi connectivity index (χ2v) is 7.59. The van der Waals surface area contributed by atoms with Crippen LogP contribution >= 0.6 is 0 Å². The third-order valence-corrected chi connectivity index (χ3v) is 5.62. The lowest BCUT2D eigenvalue weighted by molar-refractivity contribution is 0.0488. The maximum absolute atomic E-state index is 13.0. The van der Waals surface area contributed by atoms with Gasteiger partial charge in [-0.1, -0.05) is 5.16 Å². The highest BCUT2D eigenvalue weighted by Crippen LogP contribution is 2.41. The van der Waals surface area contributed by atoms with E-state index in [9.17, 15) is 4.79 Å². The number of piperazine rings is 1. The van der Waals surface area contributed by atoms with Gasteiger partial charge in [-0.15, -0.1) is 0 Å². The van der Waals surface area contributed by atoms with Gasteiger partial charge in [-0.2, -0.15) is 4.98 Å². The normalized spacial score (nSPS) is 24.7. The minimum absolute atomic E-state index is 0.0268. The fourth-order valence-electron chi connectivity index (χ4n) is 3.66. The van der Waals surface area contributed by atoms with Crippen LogP contribution in [0.1, 0.15) is 71.3 Å². The molecule has 7 nitrogen and oxygen atoms in total. The largest absolute Gasteiger partial charge is 0.364 e. The Morgan fingerprint density at radius 3 is 2.80 bits per heavy atom. The van der Waals surface area contributed by atoms with Crippen molar-refractivity contribution >= 4 is 5.91 Å². The van der Waals surface area contributed by atoms with Crippen LogP contribution in [0.25, 0.3) is 0 Å². The van der Waals surface area contributed by atoms with Gasteiger partial charge in [0, 0.05) is 37.4 Å². The van der Waals surface area contributed by atoms with Crippen LogP contribution in [0.15, 0.2) is 16.8 Å². The summed E-state index contributed by atoms with van der Waals surface area (Å²) in [6, 6.07) is 1.89. The Labute approximate surface area is 146 Å². The number of amides is 1. The quantitative estimate of drug-likeness (QED) is 0.923. The molecule has 0 spiro atoms. The van der Waals surface area contributed by atoms with Gasteiger partial charge in [0.2, 0.25) is 5.89 Å². The second-order valence-electron chi connectivity index (χ2n) is 7.59. The Kier molecular flexibility index (Phi) is 3.45. The molecule has 1 unspecified atom stereocenters. The van der Waals surface area contributed by atoms with Crippen LogP contribution < -0.4 is 0 Å². The van der Waals surface area contributed by atoms with Crippen molar-refractivity contribution in [2.45, 2.75) is 43.6 Å². The molecule has 25 heavy (non-hydrogen) atoms. The third-order valence-electron chi connectivity index (χ3n) is 5.62. The maximum Gasteiger partial charge on any atom is 0.255 e. The van der Waals surface area contributed by atoms with E-state index in [4.69, 9.17) is 4.52 Å². The zero-order valence-electron chi connectivity index (χ0n) is 14.4. The molecule has 2 aliphatic carbocycles. The monoisotopic (exact) mass is 341 g/mol. The average Bonchev–Trinajstić information content (AvgIpc) is 3.56. The number of hydrogen-bond acceptors (Lipinski definition) is 5. The van der Waals surface area contributed by atoms with Gasteiger partial charge < -0.3 is 14.4 Å². The number of nitrogens with zero attached hydrogens (tertiary/aromatic N) is 4. The zero-order chi connectivity index (χ0) is 17.0. The second kappa shape index (κ2) is 5.69. The van der Waals surface area contributed by atoms with Crippen molar-refractivity contribution in [1.82, 2.24) is 24.9 Å². The number of hydrogen-bond donors (Lipinski definition) is 1. The summed E-state index contributed by atoms with van der Waals surface area (Å²) in [7, 11) is 2.05. The van der Waals surface area contributed by atoms with Gasteiger partial charge >= 0.3 is 0 Å². The third kappa shape index (κ3) is 2.76. The minimum Gasteiger partial charge on any atom is -0.364 e. The first-order valence-electron chi connectivity index (χ1n) is 9.21. The number of H-pyrrole nitrogens is 1. The van der Waals surface area contributed by atoms with Gasteiger partial charge in [-0.25, -0.2) is 0 Å². The molecule has 2 saturated carbocycles. The molecule has 1 saturated heterocycles. The van der Waals surface area contributed by atoms with E-state index >= 15 is 0 Å². The fraction of sp³-hybridized carbons (Fsp3) is 0.611. The van der Waals surface area contributed by atoms with Crippen LogP contribution in [0.4, 0.5) is 0 Å². The molecule has 1 atom stereocenters. The molecule has 0 radical (unpaired) electrons. The number of likely N-dealkylation sites (N-methyl/N-ethyl adjacent to an activating group) is 1. The number of aromatic amines is 1. The molecule has 1 aliphatic heterocycles. The number of rotatable bonds is 4. The van der Waals surface area contributed by atoms with Gasteiger partial charge in [0.1, 0.15) is 6.04 Å². The Morgan fingerprint density at radius 2 is 2.04 bits per heavy atom. The topological polar surface area (TPSA) is 78.3 Å². The molecular formula is C18H23N5O2. The Balaban J connectivity index is 1.35. The first-order valence-corrected chi connectivity index (χ1v) is 9.21. The molecule has 2 aromatic heterocycles. The fourth-order valence-corrected chi connectivity index (χ4v) is 3.66. The molecule has 0 aromatic carbocycles. The smallest absolute Gasteiger partial charge is 0.255 e. The van der Waals surface area contributed by atoms with E-state index in [1.54, 1.807) is 0 Å². The van der Waals surface area contributed by atoms with Crippen molar-refractivity contribution in [1.29, 1.82) is 0 Å². The molecule has 1 N–H and O–H groups in total. The van der Waals surface area contributed by atoms with Crippen LogP contribution in [0.2, 0.25) is 0 Å². The zero-order valence-corrected chi connectivity index (χ0v) is 14.4. The highest BCUT2D eigenvalue weighted by molar-refractivity contribution is 5.95. The Morgan fingerprint density at radius 1 is 1.24 bits per heavy atom. The average molecular weight is 341 g/mol. The molecule has 3 fully saturated rings. The maximum atomic E-state index is 13.0. The van der Waals surface area contributed by atoms with Crippen LogP contribution in [0.5, 0.6) is 0 Å². The van der Waals surface area contributed by atoms with E-state index in [1.165, 1.54) is 12.8 Å². The lowest BCUT2D eigenvalue weighted by atomic mass is 10.1. The van der Waals surface area contributed by atoms with E-state index in [-0.39, 0.29) is 11.9 Å². The minimum atomic E-state index is -0.0268. The summed E-state index contributed by atoms with van der Waals surface area (Å²) in [5, 5.41) is 4.13. The summed E-state index contributed by atoms with van der Waals surface area (Å²) in [5.41, 5.74) is 1.93. The summed E-state index contributed by atoms with van der Waals surface area (Å²) >= 11 is 0. The Bertz CT molecular complexity index is 789. The van der Waals surface area contributed by atoms with Crippen LogP contribution in [0.3, 0.4) is 0 Å². The summed E-state index contributed by atoms with van der Waals surface area (Å²) < 4.78 is 5.52. The molecule has 3 aliphatic rings. The van der Waals surface area contributed by atoms with Gasteiger partial charge in [0.15, 0.2) is 5.82 Å². The highest BCUT2D eigenvalue weighted by Gasteiger charge is 2.37. The first-order chi connectivity index (χ1) is 12.2.